The quantitative estimate of drug-likeness (QED) is 0.565. The van der Waals surface area contributed by atoms with Crippen LogP contribution >= 0.6 is 11.3 Å². The number of nitrogens with zero attached hydrogens (tertiary/aromatic N) is 2. The van der Waals surface area contributed by atoms with Gasteiger partial charge in [-0.05, 0) is 48.9 Å². The van der Waals surface area contributed by atoms with Crippen LogP contribution in [0.25, 0.3) is 0 Å². The van der Waals surface area contributed by atoms with Crippen molar-refractivity contribution in [1.29, 1.82) is 0 Å². The van der Waals surface area contributed by atoms with Gasteiger partial charge in [0.2, 0.25) is 0 Å². The zero-order chi connectivity index (χ0) is 23.0. The van der Waals surface area contributed by atoms with Gasteiger partial charge >= 0.3 is 0 Å². The number of aromatic nitrogens is 1. The standard InChI is InChI=1S/C21H16FN3O5S2/c1-12(26)17-18(13-2-4-14(22)5-3-13)25(20(28)19(17)27)15-6-8-16(9-7-15)32(29,30)24-21-23-10-11-31-21/h2-11,18,27H,1H3,(H,23,24)/t18-/m0/s1. The molecule has 0 bridgehead atoms. The third-order valence-electron chi connectivity index (χ3n) is 4.85. The number of sulfonamides is 1. The van der Waals surface area contributed by atoms with Crippen LogP contribution in [0.3, 0.4) is 0 Å². The molecule has 0 spiro atoms. The van der Waals surface area contributed by atoms with Crippen molar-refractivity contribution >= 4 is 43.9 Å². The number of benzene rings is 2. The Morgan fingerprint density at radius 2 is 1.81 bits per heavy atom. The first-order valence-corrected chi connectivity index (χ1v) is 11.6. The summed E-state index contributed by atoms with van der Waals surface area (Å²) in [7, 11) is -3.90. The lowest BCUT2D eigenvalue weighted by Crippen LogP contribution is -2.30. The van der Waals surface area contributed by atoms with Crippen molar-refractivity contribution in [2.75, 3.05) is 9.62 Å². The summed E-state index contributed by atoms with van der Waals surface area (Å²) in [6, 6.07) is 9.58. The molecule has 1 atom stereocenters. The monoisotopic (exact) mass is 473 g/mol. The molecule has 0 aliphatic carbocycles. The highest BCUT2D eigenvalue weighted by Gasteiger charge is 2.43. The zero-order valence-electron chi connectivity index (χ0n) is 16.5. The van der Waals surface area contributed by atoms with Crippen molar-refractivity contribution in [2.24, 2.45) is 0 Å². The van der Waals surface area contributed by atoms with E-state index >= 15 is 0 Å². The summed E-state index contributed by atoms with van der Waals surface area (Å²) < 4.78 is 40.9. The maximum absolute atomic E-state index is 13.4. The van der Waals surface area contributed by atoms with E-state index in [2.05, 4.69) is 9.71 Å². The second-order valence-corrected chi connectivity index (χ2v) is 9.46. The molecule has 1 aliphatic rings. The van der Waals surface area contributed by atoms with Gasteiger partial charge in [-0.15, -0.1) is 11.3 Å². The molecular weight excluding hydrogens is 457 g/mol. The summed E-state index contributed by atoms with van der Waals surface area (Å²) in [6.07, 6.45) is 1.46. The van der Waals surface area contributed by atoms with E-state index in [1.807, 2.05) is 0 Å². The van der Waals surface area contributed by atoms with Crippen LogP contribution in [-0.4, -0.2) is 30.2 Å². The van der Waals surface area contributed by atoms with Crippen molar-refractivity contribution in [2.45, 2.75) is 17.9 Å². The van der Waals surface area contributed by atoms with Gasteiger partial charge in [-0.2, -0.15) is 0 Å². The maximum atomic E-state index is 13.4. The van der Waals surface area contributed by atoms with E-state index < -0.39 is 39.3 Å². The molecule has 2 aromatic carbocycles. The Hall–Kier alpha value is -3.57. The normalized spacial score (nSPS) is 16.5. The summed E-state index contributed by atoms with van der Waals surface area (Å²) in [5.41, 5.74) is 0.542. The fourth-order valence-corrected chi connectivity index (χ4v) is 5.21. The van der Waals surface area contributed by atoms with Crippen molar-refractivity contribution in [3.05, 3.63) is 82.8 Å². The maximum Gasteiger partial charge on any atom is 0.294 e. The van der Waals surface area contributed by atoms with Crippen LogP contribution in [0.4, 0.5) is 15.2 Å². The molecule has 32 heavy (non-hydrogen) atoms. The number of nitrogens with one attached hydrogen (secondary N) is 1. The Labute approximate surface area is 186 Å². The molecular formula is C21H16FN3O5S2. The molecule has 0 radical (unpaired) electrons. The molecule has 1 aromatic heterocycles. The molecule has 8 nitrogen and oxygen atoms in total. The number of thiazole rings is 1. The van der Waals surface area contributed by atoms with E-state index in [-0.39, 0.29) is 21.3 Å². The van der Waals surface area contributed by atoms with Crippen LogP contribution in [-0.2, 0) is 19.6 Å². The van der Waals surface area contributed by atoms with Gasteiger partial charge in [0.1, 0.15) is 5.82 Å². The van der Waals surface area contributed by atoms with Crippen LogP contribution in [0, 0.1) is 5.82 Å². The van der Waals surface area contributed by atoms with Crippen LogP contribution < -0.4 is 9.62 Å². The average Bonchev–Trinajstić information content (AvgIpc) is 3.34. The highest BCUT2D eigenvalue weighted by atomic mass is 32.2. The Kier molecular flexibility index (Phi) is 5.53. The molecule has 164 valence electrons. The number of aliphatic hydroxyl groups excluding tert-OH is 1. The molecule has 4 rings (SSSR count). The first kappa shape index (κ1) is 21.7. The highest BCUT2D eigenvalue weighted by molar-refractivity contribution is 7.93. The summed E-state index contributed by atoms with van der Waals surface area (Å²) in [4.78, 5) is 30.0. The minimum absolute atomic E-state index is 0.0644. The molecule has 0 saturated carbocycles. The summed E-state index contributed by atoms with van der Waals surface area (Å²) in [5, 5.41) is 12.2. The number of halogens is 1. The smallest absolute Gasteiger partial charge is 0.294 e. The Morgan fingerprint density at radius 1 is 1.16 bits per heavy atom. The van der Waals surface area contributed by atoms with Crippen LogP contribution in [0.2, 0.25) is 0 Å². The summed E-state index contributed by atoms with van der Waals surface area (Å²) >= 11 is 1.12. The Bertz CT molecular complexity index is 1320. The van der Waals surface area contributed by atoms with Gasteiger partial charge in [-0.1, -0.05) is 12.1 Å². The third-order valence-corrected chi connectivity index (χ3v) is 7.02. The molecule has 0 fully saturated rings. The number of hydrogen-bond acceptors (Lipinski definition) is 7. The zero-order valence-corrected chi connectivity index (χ0v) is 18.2. The lowest BCUT2D eigenvalue weighted by molar-refractivity contribution is -0.117. The molecule has 1 amide bonds. The molecule has 0 unspecified atom stereocenters. The molecule has 0 saturated heterocycles. The largest absolute Gasteiger partial charge is 0.503 e. The highest BCUT2D eigenvalue weighted by Crippen LogP contribution is 2.41. The SMILES string of the molecule is CC(=O)C1=C(O)C(=O)N(c2ccc(S(=O)(=O)Nc3nccs3)cc2)[C@H]1c1ccc(F)cc1. The number of amides is 1. The average molecular weight is 474 g/mol. The van der Waals surface area contributed by atoms with Gasteiger partial charge in [-0.3, -0.25) is 19.2 Å². The van der Waals surface area contributed by atoms with Crippen LogP contribution in [0.1, 0.15) is 18.5 Å². The summed E-state index contributed by atoms with van der Waals surface area (Å²) in [6.45, 7) is 1.22. The van der Waals surface area contributed by atoms with E-state index in [4.69, 9.17) is 0 Å². The number of anilines is 2. The molecule has 2 heterocycles. The lowest BCUT2D eigenvalue weighted by Gasteiger charge is -2.26. The minimum Gasteiger partial charge on any atom is -0.503 e. The molecule has 2 N–H and O–H groups in total. The number of hydrogen-bond donors (Lipinski definition) is 2. The van der Waals surface area contributed by atoms with E-state index in [1.165, 1.54) is 66.6 Å². The lowest BCUT2D eigenvalue weighted by atomic mass is 9.96. The van der Waals surface area contributed by atoms with Gasteiger partial charge in [0.15, 0.2) is 16.7 Å². The van der Waals surface area contributed by atoms with E-state index in [1.54, 1.807) is 5.38 Å². The van der Waals surface area contributed by atoms with Gasteiger partial charge in [0, 0.05) is 17.3 Å². The van der Waals surface area contributed by atoms with Crippen LogP contribution in [0.15, 0.2) is 76.3 Å². The predicted molar refractivity (Wildman–Crippen MR) is 116 cm³/mol. The number of rotatable bonds is 6. The van der Waals surface area contributed by atoms with E-state index in [9.17, 15) is 27.5 Å². The van der Waals surface area contributed by atoms with Crippen LogP contribution in [0.5, 0.6) is 0 Å². The number of aliphatic hydroxyl groups is 1. The van der Waals surface area contributed by atoms with Gasteiger partial charge in [0.05, 0.1) is 16.5 Å². The first-order chi connectivity index (χ1) is 15.2. The van der Waals surface area contributed by atoms with E-state index in [0.29, 0.717) is 5.56 Å². The molecule has 3 aromatic rings. The number of ketones is 1. The fraction of sp³-hybridized carbons (Fsp3) is 0.0952. The summed E-state index contributed by atoms with van der Waals surface area (Å²) in [5.74, 6) is -2.53. The first-order valence-electron chi connectivity index (χ1n) is 9.24. The van der Waals surface area contributed by atoms with Crippen molar-refractivity contribution in [3.63, 3.8) is 0 Å². The Morgan fingerprint density at radius 3 is 2.38 bits per heavy atom. The topological polar surface area (TPSA) is 117 Å². The van der Waals surface area contributed by atoms with E-state index in [0.717, 1.165) is 11.3 Å². The number of carbonyl (C=O) groups is 2. The van der Waals surface area contributed by atoms with Crippen molar-refractivity contribution in [1.82, 2.24) is 4.98 Å². The Balaban J connectivity index is 1.72. The fourth-order valence-electron chi connectivity index (χ4n) is 3.43. The van der Waals surface area contributed by atoms with Crippen molar-refractivity contribution in [3.8, 4) is 0 Å². The third kappa shape index (κ3) is 3.87. The molecule has 11 heteroatoms. The van der Waals surface area contributed by atoms with Gasteiger partial charge in [0.25, 0.3) is 15.9 Å². The predicted octanol–water partition coefficient (Wildman–Crippen LogP) is 3.57. The number of carbonyl (C=O) groups excluding carboxylic acids is 2. The van der Waals surface area contributed by atoms with Crippen molar-refractivity contribution < 1.29 is 27.5 Å². The molecule has 1 aliphatic heterocycles. The second-order valence-electron chi connectivity index (χ2n) is 6.88. The van der Waals surface area contributed by atoms with Gasteiger partial charge in [-0.25, -0.2) is 17.8 Å². The van der Waals surface area contributed by atoms with Gasteiger partial charge < -0.3 is 5.11 Å². The minimum atomic E-state index is -3.90. The second kappa shape index (κ2) is 8.17. The number of Topliss-reactive ketones (excluding diaryl/α,β-unsaturated/α-hetero) is 1.